The maximum absolute atomic E-state index is 12.7. The van der Waals surface area contributed by atoms with E-state index in [1.807, 2.05) is 49.6 Å². The maximum atomic E-state index is 12.7. The first kappa shape index (κ1) is 16.7. The summed E-state index contributed by atoms with van der Waals surface area (Å²) in [6.45, 7) is 2.82. The molecule has 1 aliphatic rings. The number of rotatable bonds is 4. The van der Waals surface area contributed by atoms with E-state index in [9.17, 15) is 4.79 Å². The van der Waals surface area contributed by atoms with Crippen LogP contribution < -0.4 is 16.0 Å². The highest BCUT2D eigenvalue weighted by atomic mass is 32.2. The molecule has 0 saturated carbocycles. The van der Waals surface area contributed by atoms with E-state index in [2.05, 4.69) is 16.3 Å². The molecule has 0 fully saturated rings. The van der Waals surface area contributed by atoms with Crippen LogP contribution in [0.15, 0.2) is 47.4 Å². The van der Waals surface area contributed by atoms with Gasteiger partial charge >= 0.3 is 0 Å². The van der Waals surface area contributed by atoms with Gasteiger partial charge in [0.05, 0.1) is 0 Å². The molecular formula is C19H23N3OS. The average Bonchev–Trinajstić information content (AvgIpc) is 2.61. The van der Waals surface area contributed by atoms with Crippen LogP contribution in [0, 0.1) is 0 Å². The largest absolute Gasteiger partial charge is 0.398 e. The summed E-state index contributed by atoms with van der Waals surface area (Å²) in [6.07, 6.45) is 4.03. The summed E-state index contributed by atoms with van der Waals surface area (Å²) in [5.41, 5.74) is 9.99. The van der Waals surface area contributed by atoms with Crippen molar-refractivity contribution >= 4 is 34.7 Å². The number of carbonyl (C=O) groups excluding carboxylic acids is 1. The van der Waals surface area contributed by atoms with E-state index in [1.54, 1.807) is 11.8 Å². The third-order valence-corrected chi connectivity index (χ3v) is 5.27. The number of nitrogens with zero attached hydrogens (tertiary/aromatic N) is 1. The number of carbonyl (C=O) groups is 1. The molecule has 0 bridgehead atoms. The fraction of sp³-hybridized carbons (Fsp3) is 0.316. The second-order valence-electron chi connectivity index (χ2n) is 6.04. The Morgan fingerprint density at radius 2 is 2.00 bits per heavy atom. The van der Waals surface area contributed by atoms with Crippen LogP contribution in [0.3, 0.4) is 0 Å². The van der Waals surface area contributed by atoms with Crippen LogP contribution in [-0.2, 0) is 11.2 Å². The van der Waals surface area contributed by atoms with Crippen LogP contribution in [0.4, 0.5) is 17.1 Å². The normalized spacial score (nSPS) is 14.8. The zero-order chi connectivity index (χ0) is 17.1. The number of hydrogen-bond acceptors (Lipinski definition) is 4. The number of thioether (sulfide) groups is 1. The maximum Gasteiger partial charge on any atom is 0.246 e. The molecule has 1 unspecified atom stereocenters. The quantitative estimate of drug-likeness (QED) is 0.656. The lowest BCUT2D eigenvalue weighted by Gasteiger charge is -2.36. The van der Waals surface area contributed by atoms with Crippen LogP contribution in [0.5, 0.6) is 0 Å². The van der Waals surface area contributed by atoms with E-state index in [0.29, 0.717) is 0 Å². The Bertz CT molecular complexity index is 730. The number of benzene rings is 2. The first-order valence-electron chi connectivity index (χ1n) is 8.19. The molecule has 0 spiro atoms. The molecule has 0 aliphatic carbocycles. The van der Waals surface area contributed by atoms with Crippen LogP contribution in [0.2, 0.25) is 0 Å². The zero-order valence-electron chi connectivity index (χ0n) is 14.1. The van der Waals surface area contributed by atoms with Gasteiger partial charge in [-0.25, -0.2) is 0 Å². The molecule has 24 heavy (non-hydrogen) atoms. The predicted octanol–water partition coefficient (Wildman–Crippen LogP) is 3.77. The fourth-order valence-electron chi connectivity index (χ4n) is 3.14. The van der Waals surface area contributed by atoms with Gasteiger partial charge in [0.1, 0.15) is 6.04 Å². The number of nitrogens with two attached hydrogens (primary N) is 1. The Morgan fingerprint density at radius 1 is 1.25 bits per heavy atom. The van der Waals surface area contributed by atoms with Gasteiger partial charge in [0.2, 0.25) is 5.91 Å². The number of amides is 1. The summed E-state index contributed by atoms with van der Waals surface area (Å²) < 4.78 is 0. The zero-order valence-corrected chi connectivity index (χ0v) is 14.9. The topological polar surface area (TPSA) is 58.4 Å². The Kier molecular flexibility index (Phi) is 5.00. The van der Waals surface area contributed by atoms with Crippen molar-refractivity contribution in [3.63, 3.8) is 0 Å². The number of hydrogen-bond donors (Lipinski definition) is 2. The van der Waals surface area contributed by atoms with Gasteiger partial charge in [-0.3, -0.25) is 4.79 Å². The van der Waals surface area contributed by atoms with Crippen molar-refractivity contribution in [2.45, 2.75) is 30.7 Å². The summed E-state index contributed by atoms with van der Waals surface area (Å²) >= 11 is 1.69. The van der Waals surface area contributed by atoms with Crippen molar-refractivity contribution in [2.75, 3.05) is 28.8 Å². The Labute approximate surface area is 147 Å². The van der Waals surface area contributed by atoms with Crippen LogP contribution in [0.1, 0.15) is 18.9 Å². The summed E-state index contributed by atoms with van der Waals surface area (Å²) in [5, 5.41) is 3.01. The molecule has 1 atom stereocenters. The minimum atomic E-state index is -0.244. The number of anilines is 3. The SMILES string of the molecule is CSc1ccc(NC(=O)C(C)N2CCCc3c(N)cccc32)cc1. The highest BCUT2D eigenvalue weighted by molar-refractivity contribution is 7.98. The van der Waals surface area contributed by atoms with Crippen molar-refractivity contribution in [1.82, 2.24) is 0 Å². The molecule has 2 aromatic rings. The predicted molar refractivity (Wildman–Crippen MR) is 103 cm³/mol. The Morgan fingerprint density at radius 3 is 2.71 bits per heavy atom. The Hall–Kier alpha value is -2.14. The molecule has 1 aliphatic heterocycles. The fourth-order valence-corrected chi connectivity index (χ4v) is 3.55. The van der Waals surface area contributed by atoms with E-state index in [0.717, 1.165) is 42.0 Å². The molecule has 1 heterocycles. The van der Waals surface area contributed by atoms with Crippen LogP contribution >= 0.6 is 11.8 Å². The van der Waals surface area contributed by atoms with E-state index in [4.69, 9.17) is 5.73 Å². The molecular weight excluding hydrogens is 318 g/mol. The third kappa shape index (κ3) is 3.36. The van der Waals surface area contributed by atoms with Gasteiger partial charge in [0.15, 0.2) is 0 Å². The number of nitrogens with one attached hydrogen (secondary N) is 1. The lowest BCUT2D eigenvalue weighted by Crippen LogP contribution is -2.44. The first-order valence-corrected chi connectivity index (χ1v) is 9.41. The van der Waals surface area contributed by atoms with Crippen molar-refractivity contribution in [1.29, 1.82) is 0 Å². The van der Waals surface area contributed by atoms with Gasteiger partial charge < -0.3 is 16.0 Å². The molecule has 1 amide bonds. The van der Waals surface area contributed by atoms with Gasteiger partial charge in [0.25, 0.3) is 0 Å². The van der Waals surface area contributed by atoms with Crippen molar-refractivity contribution in [2.24, 2.45) is 0 Å². The summed E-state index contributed by atoms with van der Waals surface area (Å²) in [5.74, 6) is 0.00201. The van der Waals surface area contributed by atoms with Crippen molar-refractivity contribution < 1.29 is 4.79 Å². The number of fused-ring (bicyclic) bond motifs is 1. The van der Waals surface area contributed by atoms with Crippen LogP contribution in [-0.4, -0.2) is 24.7 Å². The van der Waals surface area contributed by atoms with Gasteiger partial charge in [-0.15, -0.1) is 11.8 Å². The summed E-state index contributed by atoms with van der Waals surface area (Å²) in [7, 11) is 0. The number of nitrogen functional groups attached to an aromatic ring is 1. The highest BCUT2D eigenvalue weighted by Gasteiger charge is 2.26. The average molecular weight is 341 g/mol. The summed E-state index contributed by atoms with van der Waals surface area (Å²) in [4.78, 5) is 16.0. The molecule has 0 aromatic heterocycles. The van der Waals surface area contributed by atoms with E-state index < -0.39 is 0 Å². The molecule has 3 N–H and O–H groups in total. The second kappa shape index (κ2) is 7.18. The molecule has 5 heteroatoms. The molecule has 0 radical (unpaired) electrons. The molecule has 3 rings (SSSR count). The molecule has 0 saturated heterocycles. The third-order valence-electron chi connectivity index (χ3n) is 4.53. The van der Waals surface area contributed by atoms with Crippen LogP contribution in [0.25, 0.3) is 0 Å². The lowest BCUT2D eigenvalue weighted by molar-refractivity contribution is -0.117. The Balaban J connectivity index is 1.75. The monoisotopic (exact) mass is 341 g/mol. The minimum absolute atomic E-state index is 0.00201. The van der Waals surface area contributed by atoms with Crippen molar-refractivity contribution in [3.05, 3.63) is 48.0 Å². The molecule has 2 aromatic carbocycles. The lowest BCUT2D eigenvalue weighted by atomic mass is 9.98. The van der Waals surface area contributed by atoms with Gasteiger partial charge in [-0.1, -0.05) is 6.07 Å². The van der Waals surface area contributed by atoms with Gasteiger partial charge in [-0.2, -0.15) is 0 Å². The standard InChI is InChI=1S/C19H23N3OS/c1-13(19(23)21-14-8-10-15(24-2)11-9-14)22-12-4-5-16-17(20)6-3-7-18(16)22/h3,6-11,13H,4-5,12,20H2,1-2H3,(H,21,23). The van der Waals surface area contributed by atoms with Crippen molar-refractivity contribution in [3.8, 4) is 0 Å². The van der Waals surface area contributed by atoms with E-state index >= 15 is 0 Å². The molecule has 126 valence electrons. The van der Waals surface area contributed by atoms with E-state index in [-0.39, 0.29) is 11.9 Å². The van der Waals surface area contributed by atoms with E-state index in [1.165, 1.54) is 4.90 Å². The molecule has 4 nitrogen and oxygen atoms in total. The van der Waals surface area contributed by atoms with Gasteiger partial charge in [0, 0.05) is 28.5 Å². The minimum Gasteiger partial charge on any atom is -0.398 e. The van der Waals surface area contributed by atoms with Gasteiger partial charge in [-0.05, 0) is 68.0 Å². The highest BCUT2D eigenvalue weighted by Crippen LogP contribution is 2.32. The first-order chi connectivity index (χ1) is 11.6. The smallest absolute Gasteiger partial charge is 0.246 e. The summed E-state index contributed by atoms with van der Waals surface area (Å²) in [6, 6.07) is 13.6. The second-order valence-corrected chi connectivity index (χ2v) is 6.92.